The van der Waals surface area contributed by atoms with Crippen molar-refractivity contribution in [2.45, 2.75) is 79.4 Å². The van der Waals surface area contributed by atoms with Crippen LogP contribution in [0.2, 0.25) is 0 Å². The number of hydrogen-bond donors (Lipinski definition) is 1. The van der Waals surface area contributed by atoms with E-state index in [0.29, 0.717) is 18.3 Å². The Bertz CT molecular complexity index is 873. The van der Waals surface area contributed by atoms with E-state index in [4.69, 9.17) is 9.47 Å². The highest BCUT2D eigenvalue weighted by molar-refractivity contribution is 5.87. The molecule has 2 atom stereocenters. The molecule has 1 aromatic rings. The highest BCUT2D eigenvalue weighted by Crippen LogP contribution is 2.47. The van der Waals surface area contributed by atoms with Gasteiger partial charge in [0.15, 0.2) is 6.29 Å². The van der Waals surface area contributed by atoms with Gasteiger partial charge in [0.2, 0.25) is 0 Å². The Morgan fingerprint density at radius 3 is 2.53 bits per heavy atom. The first kappa shape index (κ1) is 26.0. The molecule has 0 aliphatic heterocycles. The summed E-state index contributed by atoms with van der Waals surface area (Å²) < 4.78 is 11.9. The molecule has 0 saturated heterocycles. The summed E-state index contributed by atoms with van der Waals surface area (Å²) in [4.78, 5) is 0. The molecule has 0 amide bonds. The predicted octanol–water partition coefficient (Wildman–Crippen LogP) is 7.44. The van der Waals surface area contributed by atoms with E-state index in [1.807, 2.05) is 13.0 Å². The van der Waals surface area contributed by atoms with Gasteiger partial charge < -0.3 is 14.6 Å². The molecule has 0 spiro atoms. The third kappa shape index (κ3) is 5.95. The average Bonchev–Trinajstić information content (AvgIpc) is 2.90. The normalized spacial score (nSPS) is 19.0. The number of benzene rings is 1. The first-order chi connectivity index (χ1) is 15.3. The zero-order valence-corrected chi connectivity index (χ0v) is 21.0. The van der Waals surface area contributed by atoms with E-state index in [0.717, 1.165) is 65.9 Å². The highest BCUT2D eigenvalue weighted by atomic mass is 16.6. The third-order valence-corrected chi connectivity index (χ3v) is 6.36. The van der Waals surface area contributed by atoms with Crippen molar-refractivity contribution in [3.8, 4) is 11.5 Å². The summed E-state index contributed by atoms with van der Waals surface area (Å²) in [6.07, 6.45) is 10.6. The van der Waals surface area contributed by atoms with Crippen molar-refractivity contribution in [1.29, 1.82) is 0 Å². The van der Waals surface area contributed by atoms with Gasteiger partial charge in [0.1, 0.15) is 11.5 Å². The largest absolute Gasteiger partial charge is 0.496 e. The van der Waals surface area contributed by atoms with Crippen molar-refractivity contribution in [1.82, 2.24) is 0 Å². The minimum Gasteiger partial charge on any atom is -0.496 e. The van der Waals surface area contributed by atoms with Crippen LogP contribution in [0, 0.1) is 11.8 Å². The maximum absolute atomic E-state index is 10.5. The van der Waals surface area contributed by atoms with Crippen molar-refractivity contribution in [3.05, 3.63) is 65.3 Å². The lowest BCUT2D eigenvalue weighted by atomic mass is 9.84. The van der Waals surface area contributed by atoms with Crippen LogP contribution < -0.4 is 9.47 Å². The quantitative estimate of drug-likeness (QED) is 0.234. The van der Waals surface area contributed by atoms with Crippen LogP contribution in [0.15, 0.2) is 48.6 Å². The molecule has 2 rings (SSSR count). The summed E-state index contributed by atoms with van der Waals surface area (Å²) in [5.74, 6) is 2.55. The van der Waals surface area contributed by atoms with Gasteiger partial charge in [-0.15, -0.1) is 0 Å². The Morgan fingerprint density at radius 1 is 1.28 bits per heavy atom. The fourth-order valence-electron chi connectivity index (χ4n) is 4.51. The van der Waals surface area contributed by atoms with E-state index in [1.165, 1.54) is 11.1 Å². The molecule has 1 aliphatic carbocycles. The van der Waals surface area contributed by atoms with Crippen LogP contribution in [0.3, 0.4) is 0 Å². The minimum absolute atomic E-state index is 0.399. The molecule has 0 bridgehead atoms. The molecule has 1 aromatic carbocycles. The number of allylic oxidation sites excluding steroid dienone is 6. The van der Waals surface area contributed by atoms with E-state index < -0.39 is 6.29 Å². The maximum Gasteiger partial charge on any atom is 0.197 e. The predicted molar refractivity (Wildman–Crippen MR) is 136 cm³/mol. The summed E-state index contributed by atoms with van der Waals surface area (Å²) >= 11 is 0. The Balaban J connectivity index is 2.84. The van der Waals surface area contributed by atoms with Crippen LogP contribution in [0.1, 0.15) is 77.0 Å². The van der Waals surface area contributed by atoms with Crippen LogP contribution in [-0.4, -0.2) is 18.5 Å². The van der Waals surface area contributed by atoms with E-state index >= 15 is 0 Å². The fourth-order valence-corrected chi connectivity index (χ4v) is 4.51. The minimum atomic E-state index is -0.865. The highest BCUT2D eigenvalue weighted by Gasteiger charge is 2.30. The fraction of sp³-hybridized carbons (Fsp3) is 0.517. The Labute approximate surface area is 195 Å². The SMILES string of the molecule is C=CC(=CC=C1C(=C)[C@@H](CC(C)C)CCc2cc(OC)c(CC)c(OC(O)CC)c21)CC. The topological polar surface area (TPSA) is 38.7 Å². The molecule has 3 nitrogen and oxygen atoms in total. The molecular weight excluding hydrogens is 396 g/mol. The zero-order valence-electron chi connectivity index (χ0n) is 21.0. The van der Waals surface area contributed by atoms with Gasteiger partial charge >= 0.3 is 0 Å². The van der Waals surface area contributed by atoms with Gasteiger partial charge in [0, 0.05) is 17.5 Å². The van der Waals surface area contributed by atoms with Crippen molar-refractivity contribution in [2.24, 2.45) is 11.8 Å². The Hall–Kier alpha value is -2.26. The van der Waals surface area contributed by atoms with Crippen LogP contribution >= 0.6 is 0 Å². The molecule has 32 heavy (non-hydrogen) atoms. The summed E-state index contributed by atoms with van der Waals surface area (Å²) in [7, 11) is 1.70. The van der Waals surface area contributed by atoms with Crippen LogP contribution in [-0.2, 0) is 12.8 Å². The zero-order chi connectivity index (χ0) is 23.8. The second-order valence-electron chi connectivity index (χ2n) is 9.02. The molecule has 0 aromatic heterocycles. The standard InChI is InChI=1S/C29H42O3/c1-9-21(10-2)13-16-25-20(7)22(17-19(5)6)14-15-23-18-26(31-8)24(11-3)29(28(23)25)32-27(30)12-4/h9,13,16,18-19,22,27,30H,1,7,10-12,14-15,17H2,2-6,8H3/t22-,27?/m1/s1. The number of aliphatic hydroxyl groups excluding tert-OH is 1. The lowest BCUT2D eigenvalue weighted by molar-refractivity contribution is -0.0201. The summed E-state index contributed by atoms with van der Waals surface area (Å²) in [5.41, 5.74) is 6.67. The van der Waals surface area contributed by atoms with Gasteiger partial charge in [0.05, 0.1) is 7.11 Å². The number of ether oxygens (including phenoxy) is 2. The van der Waals surface area contributed by atoms with Crippen molar-refractivity contribution in [3.63, 3.8) is 0 Å². The molecule has 0 saturated carbocycles. The van der Waals surface area contributed by atoms with Gasteiger partial charge in [-0.2, -0.15) is 0 Å². The summed E-state index contributed by atoms with van der Waals surface area (Å²) in [5, 5.41) is 10.5. The number of aryl methyl sites for hydroxylation is 1. The molecular formula is C29H42O3. The van der Waals surface area contributed by atoms with Crippen LogP contribution in [0.4, 0.5) is 0 Å². The second kappa shape index (κ2) is 12.1. The van der Waals surface area contributed by atoms with E-state index in [2.05, 4.69) is 59.1 Å². The Kier molecular flexibility index (Phi) is 9.84. The first-order valence-corrected chi connectivity index (χ1v) is 12.1. The van der Waals surface area contributed by atoms with Gasteiger partial charge in [-0.3, -0.25) is 0 Å². The lowest BCUT2D eigenvalue weighted by Crippen LogP contribution is -2.17. The number of hydrogen-bond acceptors (Lipinski definition) is 3. The van der Waals surface area contributed by atoms with Crippen LogP contribution in [0.25, 0.3) is 5.57 Å². The van der Waals surface area contributed by atoms with Crippen LogP contribution in [0.5, 0.6) is 11.5 Å². The van der Waals surface area contributed by atoms with Gasteiger partial charge in [-0.1, -0.05) is 66.0 Å². The maximum atomic E-state index is 10.5. The molecule has 0 heterocycles. The molecule has 3 heteroatoms. The van der Waals surface area contributed by atoms with Crippen molar-refractivity contribution in [2.75, 3.05) is 7.11 Å². The summed E-state index contributed by atoms with van der Waals surface area (Å²) in [6, 6.07) is 2.16. The molecule has 1 aliphatic rings. The lowest BCUT2D eigenvalue weighted by Gasteiger charge is -2.25. The average molecular weight is 439 g/mol. The molecule has 176 valence electrons. The van der Waals surface area contributed by atoms with Gasteiger partial charge in [-0.05, 0) is 72.3 Å². The van der Waals surface area contributed by atoms with Crippen molar-refractivity contribution < 1.29 is 14.6 Å². The Morgan fingerprint density at radius 2 is 2.00 bits per heavy atom. The first-order valence-electron chi connectivity index (χ1n) is 12.1. The number of rotatable bonds is 10. The van der Waals surface area contributed by atoms with E-state index in [1.54, 1.807) is 7.11 Å². The molecule has 0 radical (unpaired) electrons. The number of fused-ring (bicyclic) bond motifs is 1. The second-order valence-corrected chi connectivity index (χ2v) is 9.02. The molecule has 1 unspecified atom stereocenters. The van der Waals surface area contributed by atoms with Gasteiger partial charge in [-0.25, -0.2) is 0 Å². The third-order valence-electron chi connectivity index (χ3n) is 6.36. The number of methoxy groups -OCH3 is 1. The smallest absolute Gasteiger partial charge is 0.197 e. The molecule has 0 fully saturated rings. The van der Waals surface area contributed by atoms with E-state index in [-0.39, 0.29) is 0 Å². The van der Waals surface area contributed by atoms with E-state index in [9.17, 15) is 5.11 Å². The summed E-state index contributed by atoms with van der Waals surface area (Å²) in [6.45, 7) is 19.2. The monoisotopic (exact) mass is 438 g/mol. The van der Waals surface area contributed by atoms with Crippen molar-refractivity contribution >= 4 is 5.57 Å². The molecule has 1 N–H and O–H groups in total. The van der Waals surface area contributed by atoms with Gasteiger partial charge in [0.25, 0.3) is 0 Å². The number of aliphatic hydroxyl groups is 1.